The van der Waals surface area contributed by atoms with Crippen molar-refractivity contribution in [3.05, 3.63) is 28.0 Å². The topological polar surface area (TPSA) is 63.4 Å². The molecule has 0 atom stereocenters. The van der Waals surface area contributed by atoms with E-state index in [4.69, 9.17) is 5.73 Å². The van der Waals surface area contributed by atoms with Crippen LogP contribution in [0.1, 0.15) is 18.4 Å². The van der Waals surface area contributed by atoms with Gasteiger partial charge in [-0.05, 0) is 25.0 Å². The maximum Gasteiger partial charge on any atom is 0.246 e. The fraction of sp³-hybridized carbons (Fsp3) is 0.455. The van der Waals surface area contributed by atoms with Gasteiger partial charge in [0, 0.05) is 29.7 Å². The summed E-state index contributed by atoms with van der Waals surface area (Å²) in [6.45, 7) is 0.867. The van der Waals surface area contributed by atoms with Crippen LogP contribution in [0.4, 0.5) is 4.39 Å². The molecule has 0 radical (unpaired) electrons. The molecule has 1 fully saturated rings. The van der Waals surface area contributed by atoms with Crippen LogP contribution >= 0.6 is 15.9 Å². The van der Waals surface area contributed by atoms with Crippen LogP contribution in [0.5, 0.6) is 0 Å². The Bertz CT molecular complexity index is 556. The van der Waals surface area contributed by atoms with Crippen molar-refractivity contribution in [2.75, 3.05) is 13.1 Å². The molecule has 2 N–H and O–H groups in total. The molecular weight excluding hydrogens is 323 g/mol. The van der Waals surface area contributed by atoms with Crippen molar-refractivity contribution in [2.45, 2.75) is 24.3 Å². The van der Waals surface area contributed by atoms with Crippen LogP contribution in [-0.2, 0) is 16.6 Å². The Labute approximate surface area is 114 Å². The van der Waals surface area contributed by atoms with Gasteiger partial charge in [-0.15, -0.1) is 0 Å². The predicted octanol–water partition coefficient (Wildman–Crippen LogP) is 1.83. The molecule has 1 aromatic rings. The molecule has 0 aromatic heterocycles. The van der Waals surface area contributed by atoms with Crippen molar-refractivity contribution in [1.82, 2.24) is 4.31 Å². The molecule has 0 spiro atoms. The lowest BCUT2D eigenvalue weighted by Gasteiger charge is -2.17. The summed E-state index contributed by atoms with van der Waals surface area (Å²) in [4.78, 5) is -0.292. The Morgan fingerprint density at radius 3 is 2.50 bits per heavy atom. The molecule has 0 bridgehead atoms. The van der Waals surface area contributed by atoms with E-state index in [9.17, 15) is 12.8 Å². The first-order valence-electron chi connectivity index (χ1n) is 5.65. The van der Waals surface area contributed by atoms with Gasteiger partial charge in [0.25, 0.3) is 0 Å². The van der Waals surface area contributed by atoms with Gasteiger partial charge in [0.1, 0.15) is 10.7 Å². The highest BCUT2D eigenvalue weighted by atomic mass is 79.9. The van der Waals surface area contributed by atoms with Crippen molar-refractivity contribution in [3.8, 4) is 0 Å². The molecule has 7 heteroatoms. The van der Waals surface area contributed by atoms with Gasteiger partial charge < -0.3 is 5.73 Å². The van der Waals surface area contributed by atoms with Crippen molar-refractivity contribution in [1.29, 1.82) is 0 Å². The normalized spacial score (nSPS) is 17.3. The quantitative estimate of drug-likeness (QED) is 0.915. The van der Waals surface area contributed by atoms with Crippen LogP contribution < -0.4 is 5.73 Å². The van der Waals surface area contributed by atoms with Crippen LogP contribution in [-0.4, -0.2) is 25.8 Å². The molecule has 2 rings (SSSR count). The summed E-state index contributed by atoms with van der Waals surface area (Å²) in [5, 5.41) is 0. The number of halogens is 2. The minimum atomic E-state index is -3.75. The summed E-state index contributed by atoms with van der Waals surface area (Å²) in [6, 6.07) is 2.79. The summed E-state index contributed by atoms with van der Waals surface area (Å²) in [5.74, 6) is -0.743. The first-order valence-corrected chi connectivity index (χ1v) is 7.88. The number of benzene rings is 1. The Kier molecular flexibility index (Phi) is 4.05. The molecule has 100 valence electrons. The highest BCUT2D eigenvalue weighted by molar-refractivity contribution is 9.10. The van der Waals surface area contributed by atoms with Crippen molar-refractivity contribution in [3.63, 3.8) is 0 Å². The van der Waals surface area contributed by atoms with Crippen molar-refractivity contribution < 1.29 is 12.8 Å². The molecule has 18 heavy (non-hydrogen) atoms. The lowest BCUT2D eigenvalue weighted by molar-refractivity contribution is 0.468. The molecule has 1 heterocycles. The van der Waals surface area contributed by atoms with Crippen LogP contribution in [0.3, 0.4) is 0 Å². The lowest BCUT2D eigenvalue weighted by atomic mass is 10.2. The zero-order valence-corrected chi connectivity index (χ0v) is 12.1. The molecule has 0 aliphatic carbocycles. The fourth-order valence-electron chi connectivity index (χ4n) is 2.02. The van der Waals surface area contributed by atoms with E-state index in [1.807, 2.05) is 0 Å². The second kappa shape index (κ2) is 5.24. The number of rotatable bonds is 3. The molecule has 0 saturated carbocycles. The summed E-state index contributed by atoms with van der Waals surface area (Å²) in [6.07, 6.45) is 1.64. The third-order valence-corrected chi connectivity index (χ3v) is 5.34. The highest BCUT2D eigenvalue weighted by Gasteiger charge is 2.30. The highest BCUT2D eigenvalue weighted by Crippen LogP contribution is 2.28. The Morgan fingerprint density at radius 1 is 1.33 bits per heavy atom. The second-order valence-corrected chi connectivity index (χ2v) is 7.01. The lowest BCUT2D eigenvalue weighted by Crippen LogP contribution is -2.29. The number of hydrogen-bond acceptors (Lipinski definition) is 3. The van der Waals surface area contributed by atoms with E-state index in [-0.39, 0.29) is 17.0 Å². The smallest absolute Gasteiger partial charge is 0.246 e. The number of sulfonamides is 1. The summed E-state index contributed by atoms with van der Waals surface area (Å²) in [5.41, 5.74) is 5.61. The fourth-order valence-corrected chi connectivity index (χ4v) is 4.33. The van der Waals surface area contributed by atoms with Gasteiger partial charge in [0.2, 0.25) is 10.0 Å². The SMILES string of the molecule is NCc1cc(Br)cc(S(=O)(=O)N2CCCC2)c1F. The summed E-state index contributed by atoms with van der Waals surface area (Å²) in [7, 11) is -3.75. The molecule has 0 unspecified atom stereocenters. The molecule has 1 aliphatic rings. The van der Waals surface area contributed by atoms with Gasteiger partial charge in [-0.1, -0.05) is 15.9 Å². The van der Waals surface area contributed by atoms with Crippen LogP contribution in [0.25, 0.3) is 0 Å². The van der Waals surface area contributed by atoms with Gasteiger partial charge in [0.15, 0.2) is 0 Å². The largest absolute Gasteiger partial charge is 0.326 e. The Balaban J connectivity index is 2.53. The molecular formula is C11H14BrFN2O2S. The maximum absolute atomic E-state index is 14.1. The zero-order chi connectivity index (χ0) is 13.3. The third-order valence-electron chi connectivity index (χ3n) is 2.98. The van der Waals surface area contributed by atoms with Gasteiger partial charge >= 0.3 is 0 Å². The van der Waals surface area contributed by atoms with E-state index in [1.54, 1.807) is 0 Å². The molecule has 0 amide bonds. The first-order chi connectivity index (χ1) is 8.46. The molecule has 1 aromatic carbocycles. The van der Waals surface area contributed by atoms with Gasteiger partial charge in [0.05, 0.1) is 0 Å². The van der Waals surface area contributed by atoms with Gasteiger partial charge in [-0.25, -0.2) is 12.8 Å². The van der Waals surface area contributed by atoms with Crippen LogP contribution in [0.15, 0.2) is 21.5 Å². The van der Waals surface area contributed by atoms with E-state index < -0.39 is 15.8 Å². The van der Waals surface area contributed by atoms with E-state index in [2.05, 4.69) is 15.9 Å². The second-order valence-electron chi connectivity index (χ2n) is 4.19. The van der Waals surface area contributed by atoms with E-state index in [1.165, 1.54) is 16.4 Å². The Morgan fingerprint density at radius 2 is 1.94 bits per heavy atom. The zero-order valence-electron chi connectivity index (χ0n) is 9.70. The Hall–Kier alpha value is -0.500. The molecule has 1 aliphatic heterocycles. The number of hydrogen-bond donors (Lipinski definition) is 1. The van der Waals surface area contributed by atoms with E-state index in [0.29, 0.717) is 17.6 Å². The van der Waals surface area contributed by atoms with Gasteiger partial charge in [-0.2, -0.15) is 4.31 Å². The minimum absolute atomic E-state index is 0.0339. The minimum Gasteiger partial charge on any atom is -0.326 e. The van der Waals surface area contributed by atoms with E-state index >= 15 is 0 Å². The summed E-state index contributed by atoms with van der Waals surface area (Å²) >= 11 is 3.18. The maximum atomic E-state index is 14.1. The third kappa shape index (κ3) is 2.45. The molecule has 1 saturated heterocycles. The standard InChI is InChI=1S/C11H14BrFN2O2S/c12-9-5-8(7-14)11(13)10(6-9)18(16,17)15-3-1-2-4-15/h5-6H,1-4,7,14H2. The summed E-state index contributed by atoms with van der Waals surface area (Å²) < 4.78 is 40.5. The number of nitrogens with two attached hydrogens (primary N) is 1. The van der Waals surface area contributed by atoms with E-state index in [0.717, 1.165) is 12.8 Å². The monoisotopic (exact) mass is 336 g/mol. The molecule has 4 nitrogen and oxygen atoms in total. The van der Waals surface area contributed by atoms with Gasteiger partial charge in [-0.3, -0.25) is 0 Å². The average Bonchev–Trinajstić information content (AvgIpc) is 2.85. The average molecular weight is 337 g/mol. The predicted molar refractivity (Wildman–Crippen MR) is 70.0 cm³/mol. The first kappa shape index (κ1) is 13.9. The van der Waals surface area contributed by atoms with Crippen molar-refractivity contribution in [2.24, 2.45) is 5.73 Å². The number of nitrogens with zero attached hydrogens (tertiary/aromatic N) is 1. The van der Waals surface area contributed by atoms with Crippen LogP contribution in [0, 0.1) is 5.82 Å². The van der Waals surface area contributed by atoms with Crippen LogP contribution in [0.2, 0.25) is 0 Å². The van der Waals surface area contributed by atoms with Crippen molar-refractivity contribution >= 4 is 26.0 Å².